The molecule has 0 aromatic carbocycles. The molecule has 1 heterocycles. The van der Waals surface area contributed by atoms with Gasteiger partial charge in [-0.3, -0.25) is 4.79 Å². The van der Waals surface area contributed by atoms with Crippen LogP contribution in [0.3, 0.4) is 0 Å². The Morgan fingerprint density at radius 3 is 2.53 bits per heavy atom. The van der Waals surface area contributed by atoms with Gasteiger partial charge in [-0.15, -0.1) is 0 Å². The van der Waals surface area contributed by atoms with E-state index in [1.807, 2.05) is 23.6 Å². The van der Waals surface area contributed by atoms with Crippen molar-refractivity contribution in [3.8, 4) is 0 Å². The van der Waals surface area contributed by atoms with Gasteiger partial charge < -0.3 is 10.2 Å². The smallest absolute Gasteiger partial charge is 0.239 e. The first kappa shape index (κ1) is 14.8. The molecule has 0 aromatic rings. The average molecular weight is 258 g/mol. The number of nitrogens with zero attached hydrogens (tertiary/aromatic N) is 1. The maximum atomic E-state index is 12.1. The monoisotopic (exact) mass is 258 g/mol. The van der Waals surface area contributed by atoms with Crippen LogP contribution in [0.2, 0.25) is 0 Å². The summed E-state index contributed by atoms with van der Waals surface area (Å²) >= 11 is 1.86. The van der Waals surface area contributed by atoms with Crippen molar-refractivity contribution in [1.82, 2.24) is 10.2 Å². The van der Waals surface area contributed by atoms with Crippen molar-refractivity contribution in [1.29, 1.82) is 0 Å². The van der Waals surface area contributed by atoms with Crippen molar-refractivity contribution in [3.63, 3.8) is 0 Å². The highest BCUT2D eigenvalue weighted by Crippen LogP contribution is 2.10. The number of rotatable bonds is 6. The van der Waals surface area contributed by atoms with Crippen molar-refractivity contribution in [3.05, 3.63) is 0 Å². The van der Waals surface area contributed by atoms with Crippen molar-refractivity contribution in [2.75, 3.05) is 31.6 Å². The van der Waals surface area contributed by atoms with Crippen LogP contribution >= 0.6 is 11.8 Å². The molecule has 2 atom stereocenters. The van der Waals surface area contributed by atoms with Gasteiger partial charge in [-0.2, -0.15) is 11.8 Å². The molecule has 0 bridgehead atoms. The summed E-state index contributed by atoms with van der Waals surface area (Å²) in [6.45, 7) is 7.04. The normalized spacial score (nSPS) is 20.1. The molecule has 1 fully saturated rings. The summed E-state index contributed by atoms with van der Waals surface area (Å²) in [5, 5.41) is 3.36. The van der Waals surface area contributed by atoms with Crippen LogP contribution in [-0.2, 0) is 4.79 Å². The van der Waals surface area contributed by atoms with E-state index in [2.05, 4.69) is 18.5 Å². The predicted octanol–water partition coefficient (Wildman–Crippen LogP) is 1.98. The summed E-state index contributed by atoms with van der Waals surface area (Å²) in [6, 6.07) is -0.0302. The van der Waals surface area contributed by atoms with Crippen LogP contribution in [0.25, 0.3) is 0 Å². The average Bonchev–Trinajstić information content (AvgIpc) is 2.36. The van der Waals surface area contributed by atoms with E-state index in [9.17, 15) is 4.79 Å². The number of likely N-dealkylation sites (tertiary alicyclic amines) is 1. The predicted molar refractivity (Wildman–Crippen MR) is 75.4 cm³/mol. The van der Waals surface area contributed by atoms with E-state index >= 15 is 0 Å². The van der Waals surface area contributed by atoms with E-state index < -0.39 is 0 Å². The van der Waals surface area contributed by atoms with Gasteiger partial charge in [0.25, 0.3) is 0 Å². The van der Waals surface area contributed by atoms with Gasteiger partial charge in [0.1, 0.15) is 0 Å². The molecule has 2 unspecified atom stereocenters. The molecule has 3 nitrogen and oxygen atoms in total. The summed E-state index contributed by atoms with van der Waals surface area (Å²) in [7, 11) is 0. The third-order valence-electron chi connectivity index (χ3n) is 3.26. The highest BCUT2D eigenvalue weighted by Gasteiger charge is 2.21. The molecule has 1 amide bonds. The maximum absolute atomic E-state index is 12.1. The minimum atomic E-state index is -0.0302. The molecule has 0 radical (unpaired) electrons. The lowest BCUT2D eigenvalue weighted by atomic mass is 10.1. The van der Waals surface area contributed by atoms with Gasteiger partial charge in [0.2, 0.25) is 5.91 Å². The standard InChI is InChI=1S/C13H26N2OS/c1-11(10-17-3)9-14-12(2)13(16)15-7-5-4-6-8-15/h11-12,14H,4-10H2,1-3H3. The van der Waals surface area contributed by atoms with Gasteiger partial charge >= 0.3 is 0 Å². The first-order valence-corrected chi connectivity index (χ1v) is 8.05. The van der Waals surface area contributed by atoms with E-state index in [0.717, 1.165) is 25.4 Å². The first-order valence-electron chi connectivity index (χ1n) is 6.66. The second-order valence-electron chi connectivity index (χ2n) is 5.08. The van der Waals surface area contributed by atoms with Crippen LogP contribution in [0.15, 0.2) is 0 Å². The number of amides is 1. The number of carbonyl (C=O) groups is 1. The zero-order chi connectivity index (χ0) is 12.7. The minimum absolute atomic E-state index is 0.0302. The number of thioether (sulfide) groups is 1. The lowest BCUT2D eigenvalue weighted by Crippen LogP contribution is -2.47. The van der Waals surface area contributed by atoms with E-state index in [1.165, 1.54) is 19.3 Å². The topological polar surface area (TPSA) is 32.3 Å². The maximum Gasteiger partial charge on any atom is 0.239 e. The number of carbonyl (C=O) groups excluding carboxylic acids is 1. The van der Waals surface area contributed by atoms with Gasteiger partial charge in [0.05, 0.1) is 6.04 Å². The molecule has 100 valence electrons. The lowest BCUT2D eigenvalue weighted by molar-refractivity contribution is -0.133. The molecule has 1 aliphatic rings. The molecule has 1 N–H and O–H groups in total. The highest BCUT2D eigenvalue weighted by molar-refractivity contribution is 7.98. The number of piperidine rings is 1. The summed E-state index contributed by atoms with van der Waals surface area (Å²) in [4.78, 5) is 14.1. The number of hydrogen-bond acceptors (Lipinski definition) is 3. The van der Waals surface area contributed by atoms with Crippen LogP contribution in [-0.4, -0.2) is 48.5 Å². The summed E-state index contributed by atoms with van der Waals surface area (Å²) < 4.78 is 0. The molecule has 0 aliphatic carbocycles. The molecule has 1 saturated heterocycles. The van der Waals surface area contributed by atoms with E-state index in [4.69, 9.17) is 0 Å². The van der Waals surface area contributed by atoms with Gasteiger partial charge in [-0.1, -0.05) is 6.92 Å². The first-order chi connectivity index (χ1) is 8.15. The van der Waals surface area contributed by atoms with Crippen molar-refractivity contribution in [2.45, 2.75) is 39.2 Å². The van der Waals surface area contributed by atoms with Gasteiger partial charge in [0.15, 0.2) is 0 Å². The van der Waals surface area contributed by atoms with Crippen LogP contribution in [0, 0.1) is 5.92 Å². The van der Waals surface area contributed by atoms with Crippen molar-refractivity contribution >= 4 is 17.7 Å². The Morgan fingerprint density at radius 1 is 1.29 bits per heavy atom. The fraction of sp³-hybridized carbons (Fsp3) is 0.923. The van der Waals surface area contributed by atoms with Crippen LogP contribution in [0.5, 0.6) is 0 Å². The Hall–Kier alpha value is -0.220. The summed E-state index contributed by atoms with van der Waals surface area (Å²) in [6.07, 6.45) is 5.73. The Morgan fingerprint density at radius 2 is 1.94 bits per heavy atom. The zero-order valence-electron chi connectivity index (χ0n) is 11.4. The molecule has 0 aromatic heterocycles. The zero-order valence-corrected chi connectivity index (χ0v) is 12.2. The molecule has 4 heteroatoms. The molecule has 17 heavy (non-hydrogen) atoms. The summed E-state index contributed by atoms with van der Waals surface area (Å²) in [5.74, 6) is 2.06. The van der Waals surface area contributed by atoms with Gasteiger partial charge in [0, 0.05) is 13.1 Å². The Balaban J connectivity index is 2.25. The van der Waals surface area contributed by atoms with Gasteiger partial charge in [-0.05, 0) is 50.7 Å². The molecule has 0 spiro atoms. The SMILES string of the molecule is CSCC(C)CNC(C)C(=O)N1CCCCC1. The van der Waals surface area contributed by atoms with Gasteiger partial charge in [-0.25, -0.2) is 0 Å². The molecule has 1 rings (SSSR count). The van der Waals surface area contributed by atoms with Crippen LogP contribution in [0.1, 0.15) is 33.1 Å². The van der Waals surface area contributed by atoms with E-state index in [1.54, 1.807) is 0 Å². The second-order valence-corrected chi connectivity index (χ2v) is 5.99. The lowest BCUT2D eigenvalue weighted by Gasteiger charge is -2.29. The third kappa shape index (κ3) is 5.30. The largest absolute Gasteiger partial charge is 0.341 e. The quantitative estimate of drug-likeness (QED) is 0.790. The highest BCUT2D eigenvalue weighted by atomic mass is 32.2. The molecular formula is C13H26N2OS. The molecular weight excluding hydrogens is 232 g/mol. The Labute approximate surface area is 110 Å². The van der Waals surface area contributed by atoms with Crippen LogP contribution in [0.4, 0.5) is 0 Å². The third-order valence-corrected chi connectivity index (χ3v) is 4.16. The van der Waals surface area contributed by atoms with Crippen LogP contribution < -0.4 is 5.32 Å². The fourth-order valence-corrected chi connectivity index (χ4v) is 2.88. The van der Waals surface area contributed by atoms with Crippen molar-refractivity contribution in [2.24, 2.45) is 5.92 Å². The summed E-state index contributed by atoms with van der Waals surface area (Å²) in [5.41, 5.74) is 0. The Bertz CT molecular complexity index is 229. The Kier molecular flexibility index (Phi) is 6.97. The van der Waals surface area contributed by atoms with Crippen molar-refractivity contribution < 1.29 is 4.79 Å². The molecule has 0 saturated carbocycles. The second kappa shape index (κ2) is 7.98. The van der Waals surface area contributed by atoms with E-state index in [0.29, 0.717) is 5.92 Å². The number of nitrogens with one attached hydrogen (secondary N) is 1. The molecule has 1 aliphatic heterocycles. The fourth-order valence-electron chi connectivity index (χ4n) is 2.20. The van der Waals surface area contributed by atoms with E-state index in [-0.39, 0.29) is 11.9 Å². The minimum Gasteiger partial charge on any atom is -0.341 e. The number of hydrogen-bond donors (Lipinski definition) is 1.